The zero-order valence-corrected chi connectivity index (χ0v) is 19.5. The van der Waals surface area contributed by atoms with Crippen LogP contribution in [0.5, 0.6) is 0 Å². The van der Waals surface area contributed by atoms with Crippen molar-refractivity contribution < 1.29 is 4.79 Å². The number of fused-ring (bicyclic) bond motifs is 1. The fourth-order valence-corrected chi connectivity index (χ4v) is 6.87. The van der Waals surface area contributed by atoms with Gasteiger partial charge in [0.15, 0.2) is 0 Å². The number of rotatable bonds is 8. The summed E-state index contributed by atoms with van der Waals surface area (Å²) in [4.78, 5) is 16.5. The van der Waals surface area contributed by atoms with E-state index < -0.39 is 5.54 Å². The largest absolute Gasteiger partial charge is 0.350 e. The molecule has 3 heterocycles. The standard InChI is InChI=1S/C28H37N3O/c1-20(2)18-31-19-24-15-23-17-30-28(24,27(32)29-16-22-11-7-4-8-12-22)26(31)25(23)14-13-21-9-5-3-6-10-21/h3-12,20,23-26,30H,13-19H2,1-2H3,(H,29,32). The number of carbonyl (C=O) groups excluding carboxylic acids is 1. The van der Waals surface area contributed by atoms with E-state index in [2.05, 4.69) is 71.8 Å². The number of carbonyl (C=O) groups is 1. The normalized spacial score (nSPS) is 31.2. The highest BCUT2D eigenvalue weighted by atomic mass is 16.2. The predicted molar refractivity (Wildman–Crippen MR) is 129 cm³/mol. The molecule has 0 radical (unpaired) electrons. The third kappa shape index (κ3) is 3.88. The second-order valence-electron chi connectivity index (χ2n) is 10.6. The lowest BCUT2D eigenvalue weighted by atomic mass is 9.58. The number of nitrogens with zero attached hydrogens (tertiary/aromatic N) is 1. The molecule has 0 spiro atoms. The van der Waals surface area contributed by atoms with Crippen molar-refractivity contribution >= 4 is 5.91 Å². The SMILES string of the molecule is CC(C)CN1CC2CC3CNC2(C(=O)NCc2ccccc2)C1C3CCc1ccccc1. The molecule has 32 heavy (non-hydrogen) atoms. The molecule has 5 unspecified atom stereocenters. The first-order valence-electron chi connectivity index (χ1n) is 12.4. The van der Waals surface area contributed by atoms with Crippen LogP contribution in [-0.4, -0.2) is 42.0 Å². The second-order valence-corrected chi connectivity index (χ2v) is 10.6. The summed E-state index contributed by atoms with van der Waals surface area (Å²) < 4.78 is 0. The van der Waals surface area contributed by atoms with Gasteiger partial charge in [0.25, 0.3) is 0 Å². The monoisotopic (exact) mass is 431 g/mol. The van der Waals surface area contributed by atoms with Gasteiger partial charge in [0.1, 0.15) is 5.54 Å². The Labute approximate surface area is 192 Å². The van der Waals surface area contributed by atoms with Gasteiger partial charge in [0, 0.05) is 31.6 Å². The summed E-state index contributed by atoms with van der Waals surface area (Å²) in [6, 6.07) is 21.4. The van der Waals surface area contributed by atoms with Crippen molar-refractivity contribution in [3.63, 3.8) is 0 Å². The van der Waals surface area contributed by atoms with Crippen molar-refractivity contribution in [2.45, 2.75) is 51.2 Å². The Kier molecular flexibility index (Phi) is 6.09. The fraction of sp³-hybridized carbons (Fsp3) is 0.536. The molecular weight excluding hydrogens is 394 g/mol. The lowest BCUT2D eigenvalue weighted by molar-refractivity contribution is -0.138. The third-order valence-corrected chi connectivity index (χ3v) is 8.09. The van der Waals surface area contributed by atoms with Crippen molar-refractivity contribution in [1.29, 1.82) is 0 Å². The van der Waals surface area contributed by atoms with Crippen LogP contribution in [0.2, 0.25) is 0 Å². The molecule has 1 amide bonds. The Bertz CT molecular complexity index is 915. The number of nitrogens with one attached hydrogen (secondary N) is 2. The molecule has 0 aromatic heterocycles. The third-order valence-electron chi connectivity index (χ3n) is 8.09. The van der Waals surface area contributed by atoms with Crippen molar-refractivity contribution in [2.75, 3.05) is 19.6 Å². The first kappa shape index (κ1) is 21.7. The van der Waals surface area contributed by atoms with Crippen molar-refractivity contribution in [1.82, 2.24) is 15.5 Å². The van der Waals surface area contributed by atoms with Crippen LogP contribution in [0.15, 0.2) is 60.7 Å². The van der Waals surface area contributed by atoms with Gasteiger partial charge < -0.3 is 10.6 Å². The molecule has 4 nitrogen and oxygen atoms in total. The van der Waals surface area contributed by atoms with Gasteiger partial charge in [0.05, 0.1) is 0 Å². The predicted octanol–water partition coefficient (Wildman–Crippen LogP) is 3.87. The smallest absolute Gasteiger partial charge is 0.242 e. The highest BCUT2D eigenvalue weighted by Crippen LogP contribution is 2.53. The van der Waals surface area contributed by atoms with Crippen LogP contribution in [0.3, 0.4) is 0 Å². The molecule has 170 valence electrons. The molecule has 3 aliphatic heterocycles. The summed E-state index contributed by atoms with van der Waals surface area (Å²) in [5, 5.41) is 7.13. The number of amides is 1. The Hall–Kier alpha value is -2.17. The Balaban J connectivity index is 1.39. The van der Waals surface area contributed by atoms with Crippen molar-refractivity contribution in [2.24, 2.45) is 23.7 Å². The van der Waals surface area contributed by atoms with E-state index >= 15 is 0 Å². The Morgan fingerprint density at radius 2 is 1.78 bits per heavy atom. The summed E-state index contributed by atoms with van der Waals surface area (Å²) >= 11 is 0. The fourth-order valence-electron chi connectivity index (χ4n) is 6.87. The van der Waals surface area contributed by atoms with Gasteiger partial charge in [-0.3, -0.25) is 9.69 Å². The maximum Gasteiger partial charge on any atom is 0.242 e. The molecule has 1 saturated carbocycles. The van der Waals surface area contributed by atoms with Crippen LogP contribution in [-0.2, 0) is 17.8 Å². The van der Waals surface area contributed by atoms with E-state index in [1.54, 1.807) is 0 Å². The molecule has 4 aliphatic rings. The van der Waals surface area contributed by atoms with E-state index in [0.29, 0.717) is 36.3 Å². The second kappa shape index (κ2) is 8.99. The summed E-state index contributed by atoms with van der Waals surface area (Å²) in [6.07, 6.45) is 3.44. The molecular formula is C28H37N3O. The van der Waals surface area contributed by atoms with E-state index in [4.69, 9.17) is 0 Å². The first-order valence-corrected chi connectivity index (χ1v) is 12.4. The Morgan fingerprint density at radius 3 is 2.47 bits per heavy atom. The van der Waals surface area contributed by atoms with E-state index in [-0.39, 0.29) is 5.91 Å². The van der Waals surface area contributed by atoms with Crippen LogP contribution < -0.4 is 10.6 Å². The minimum Gasteiger partial charge on any atom is -0.350 e. The van der Waals surface area contributed by atoms with Gasteiger partial charge in [-0.15, -0.1) is 0 Å². The minimum absolute atomic E-state index is 0.213. The lowest BCUT2D eigenvalue weighted by Crippen LogP contribution is -2.76. The number of benzene rings is 2. The highest BCUT2D eigenvalue weighted by molar-refractivity contribution is 5.89. The van der Waals surface area contributed by atoms with E-state index in [1.807, 2.05) is 18.2 Å². The topological polar surface area (TPSA) is 44.4 Å². The van der Waals surface area contributed by atoms with E-state index in [9.17, 15) is 4.79 Å². The van der Waals surface area contributed by atoms with Crippen LogP contribution in [0.25, 0.3) is 0 Å². The van der Waals surface area contributed by atoms with Gasteiger partial charge >= 0.3 is 0 Å². The summed E-state index contributed by atoms with van der Waals surface area (Å²) in [5.74, 6) is 2.47. The molecule has 2 N–H and O–H groups in total. The zero-order valence-electron chi connectivity index (χ0n) is 19.5. The van der Waals surface area contributed by atoms with E-state index in [1.165, 1.54) is 12.0 Å². The molecule has 2 aromatic carbocycles. The maximum atomic E-state index is 13.9. The average molecular weight is 432 g/mol. The van der Waals surface area contributed by atoms with Crippen molar-refractivity contribution in [3.8, 4) is 0 Å². The average Bonchev–Trinajstić information content (AvgIpc) is 3.06. The molecule has 6 rings (SSSR count). The minimum atomic E-state index is -0.445. The molecule has 2 aromatic rings. The number of hydrogen-bond acceptors (Lipinski definition) is 3. The molecule has 4 heteroatoms. The zero-order chi connectivity index (χ0) is 22.1. The molecule has 4 bridgehead atoms. The molecule has 5 atom stereocenters. The lowest BCUT2D eigenvalue weighted by Gasteiger charge is -2.56. The van der Waals surface area contributed by atoms with Gasteiger partial charge in [-0.25, -0.2) is 0 Å². The number of hydrogen-bond donors (Lipinski definition) is 2. The van der Waals surface area contributed by atoms with Gasteiger partial charge in [-0.05, 0) is 54.7 Å². The highest BCUT2D eigenvalue weighted by Gasteiger charge is 2.67. The maximum absolute atomic E-state index is 13.9. The van der Waals surface area contributed by atoms with Gasteiger partial charge in [-0.1, -0.05) is 74.5 Å². The Morgan fingerprint density at radius 1 is 1.09 bits per heavy atom. The van der Waals surface area contributed by atoms with Gasteiger partial charge in [0.2, 0.25) is 5.91 Å². The van der Waals surface area contributed by atoms with E-state index in [0.717, 1.165) is 38.0 Å². The van der Waals surface area contributed by atoms with Crippen LogP contribution in [0.4, 0.5) is 0 Å². The summed E-state index contributed by atoms with van der Waals surface area (Å²) in [6.45, 7) is 8.30. The van der Waals surface area contributed by atoms with Crippen LogP contribution in [0.1, 0.15) is 37.8 Å². The molecule has 3 saturated heterocycles. The number of likely N-dealkylation sites (tertiary alicyclic amines) is 1. The van der Waals surface area contributed by atoms with Gasteiger partial charge in [-0.2, -0.15) is 0 Å². The molecule has 1 aliphatic carbocycles. The first-order chi connectivity index (χ1) is 15.6. The summed E-state index contributed by atoms with van der Waals surface area (Å²) in [7, 11) is 0. The summed E-state index contributed by atoms with van der Waals surface area (Å²) in [5.41, 5.74) is 2.13. The number of piperidine rings is 2. The van der Waals surface area contributed by atoms with Crippen LogP contribution in [0, 0.1) is 23.7 Å². The number of aryl methyl sites for hydroxylation is 1. The van der Waals surface area contributed by atoms with Crippen LogP contribution >= 0.6 is 0 Å². The molecule has 4 fully saturated rings. The quantitative estimate of drug-likeness (QED) is 0.667. The van der Waals surface area contributed by atoms with Crippen molar-refractivity contribution in [3.05, 3.63) is 71.8 Å².